The van der Waals surface area contributed by atoms with Crippen LogP contribution in [0.4, 0.5) is 5.82 Å². The smallest absolute Gasteiger partial charge is 0.314 e. The van der Waals surface area contributed by atoms with Gasteiger partial charge in [0, 0.05) is 23.9 Å². The maximum absolute atomic E-state index is 12.3. The average Bonchev–Trinajstić information content (AvgIpc) is 2.95. The molecule has 0 unspecified atom stereocenters. The lowest BCUT2D eigenvalue weighted by Crippen LogP contribution is -2.42. The molecule has 0 radical (unpaired) electrons. The van der Waals surface area contributed by atoms with Gasteiger partial charge in [-0.2, -0.15) is 9.78 Å². The first-order valence-corrected chi connectivity index (χ1v) is 8.69. The van der Waals surface area contributed by atoms with E-state index in [2.05, 4.69) is 25.7 Å². The van der Waals surface area contributed by atoms with Crippen LogP contribution in [0.3, 0.4) is 0 Å². The van der Waals surface area contributed by atoms with Crippen LogP contribution in [0.15, 0.2) is 16.9 Å². The molecule has 1 fully saturated rings. The predicted octanol–water partition coefficient (Wildman–Crippen LogP) is 0.960. The van der Waals surface area contributed by atoms with Crippen LogP contribution >= 0.6 is 0 Å². The van der Waals surface area contributed by atoms with Gasteiger partial charge in [0.25, 0.3) is 5.56 Å². The van der Waals surface area contributed by atoms with E-state index in [-0.39, 0.29) is 23.4 Å². The molecule has 0 spiro atoms. The Hall–Kier alpha value is -2.97. The lowest BCUT2D eigenvalue weighted by atomic mass is 9.95. The fourth-order valence-corrected chi connectivity index (χ4v) is 3.08. The van der Waals surface area contributed by atoms with Crippen LogP contribution < -0.4 is 16.2 Å². The van der Waals surface area contributed by atoms with E-state index in [1.165, 1.54) is 17.2 Å². The topological polar surface area (TPSA) is 122 Å². The molecule has 0 atom stereocenters. The van der Waals surface area contributed by atoms with E-state index in [4.69, 9.17) is 0 Å². The van der Waals surface area contributed by atoms with Gasteiger partial charge in [-0.25, -0.2) is 4.98 Å². The number of nitrogens with zero attached hydrogens (tertiary/aromatic N) is 3. The molecule has 1 saturated carbocycles. The van der Waals surface area contributed by atoms with Crippen molar-refractivity contribution in [3.8, 4) is 5.95 Å². The summed E-state index contributed by atoms with van der Waals surface area (Å²) in [4.78, 5) is 42.9. The largest absolute Gasteiger partial charge is 0.345 e. The Kier molecular flexibility index (Phi) is 5.15. The van der Waals surface area contributed by atoms with Crippen molar-refractivity contribution in [1.82, 2.24) is 25.1 Å². The van der Waals surface area contributed by atoms with Gasteiger partial charge in [-0.15, -0.1) is 0 Å². The summed E-state index contributed by atoms with van der Waals surface area (Å²) in [6, 6.07) is 3.01. The summed E-state index contributed by atoms with van der Waals surface area (Å²) in [6.07, 6.45) is 5.07. The molecule has 3 N–H and O–H groups in total. The Morgan fingerprint density at radius 1 is 1.12 bits per heavy atom. The molecule has 9 nitrogen and oxygen atoms in total. The second-order valence-electron chi connectivity index (χ2n) is 6.56. The molecule has 2 heterocycles. The number of carbonyl (C=O) groups is 2. The number of aryl methyl sites for hydroxylation is 2. The zero-order valence-electron chi connectivity index (χ0n) is 14.8. The monoisotopic (exact) mass is 358 g/mol. The van der Waals surface area contributed by atoms with Gasteiger partial charge in [-0.3, -0.25) is 19.4 Å². The molecular weight excluding hydrogens is 336 g/mol. The van der Waals surface area contributed by atoms with Gasteiger partial charge in [0.1, 0.15) is 5.82 Å². The van der Waals surface area contributed by atoms with Crippen molar-refractivity contribution in [3.05, 3.63) is 33.9 Å². The normalized spacial score (nSPS) is 14.8. The molecule has 9 heteroatoms. The first-order valence-electron chi connectivity index (χ1n) is 8.69. The summed E-state index contributed by atoms with van der Waals surface area (Å²) in [5.41, 5.74) is 0.800. The molecule has 2 aromatic rings. The fourth-order valence-electron chi connectivity index (χ4n) is 3.08. The Bertz CT molecular complexity index is 879. The number of carbonyl (C=O) groups excluding carboxylic acids is 2. The summed E-state index contributed by atoms with van der Waals surface area (Å²) < 4.78 is 1.30. The van der Waals surface area contributed by atoms with Crippen LogP contribution in [0.2, 0.25) is 0 Å². The Morgan fingerprint density at radius 3 is 2.54 bits per heavy atom. The molecule has 0 aliphatic heterocycles. The SMILES string of the molecule is Cc1cc(=O)[nH]c(-n2nc(C)cc2NC(=O)C(=O)NC2CCCCC2)n1. The number of amides is 2. The van der Waals surface area contributed by atoms with Crippen molar-refractivity contribution in [1.29, 1.82) is 0 Å². The quantitative estimate of drug-likeness (QED) is 0.706. The van der Waals surface area contributed by atoms with Crippen LogP contribution in [-0.4, -0.2) is 37.6 Å². The average molecular weight is 358 g/mol. The molecule has 138 valence electrons. The number of hydrogen-bond acceptors (Lipinski definition) is 5. The molecule has 1 aliphatic rings. The molecule has 0 aromatic carbocycles. The Balaban J connectivity index is 1.76. The molecule has 26 heavy (non-hydrogen) atoms. The van der Waals surface area contributed by atoms with Crippen LogP contribution in [0.5, 0.6) is 0 Å². The molecule has 2 amide bonds. The fraction of sp³-hybridized carbons (Fsp3) is 0.471. The molecule has 2 aromatic heterocycles. The lowest BCUT2D eigenvalue weighted by Gasteiger charge is -2.22. The van der Waals surface area contributed by atoms with Crippen LogP contribution in [0.25, 0.3) is 5.95 Å². The number of anilines is 1. The van der Waals surface area contributed by atoms with E-state index in [0.717, 1.165) is 25.7 Å². The van der Waals surface area contributed by atoms with Gasteiger partial charge < -0.3 is 10.6 Å². The number of nitrogens with one attached hydrogen (secondary N) is 3. The Morgan fingerprint density at radius 2 is 1.85 bits per heavy atom. The van der Waals surface area contributed by atoms with E-state index >= 15 is 0 Å². The minimum absolute atomic E-state index is 0.0449. The molecular formula is C17H22N6O3. The summed E-state index contributed by atoms with van der Waals surface area (Å²) >= 11 is 0. The highest BCUT2D eigenvalue weighted by Crippen LogP contribution is 2.17. The second kappa shape index (κ2) is 7.51. The van der Waals surface area contributed by atoms with Gasteiger partial charge in [0.15, 0.2) is 0 Å². The number of hydrogen-bond donors (Lipinski definition) is 3. The summed E-state index contributed by atoms with van der Waals surface area (Å²) in [7, 11) is 0. The number of aromatic nitrogens is 4. The van der Waals surface area contributed by atoms with Crippen molar-refractivity contribution in [2.45, 2.75) is 52.0 Å². The summed E-state index contributed by atoms with van der Waals surface area (Å²) in [6.45, 7) is 3.42. The van der Waals surface area contributed by atoms with Gasteiger partial charge in [0.2, 0.25) is 5.95 Å². The highest BCUT2D eigenvalue weighted by molar-refractivity contribution is 6.39. The van der Waals surface area contributed by atoms with Crippen LogP contribution in [-0.2, 0) is 9.59 Å². The first kappa shape index (κ1) is 17.8. The first-order chi connectivity index (χ1) is 12.4. The summed E-state index contributed by atoms with van der Waals surface area (Å²) in [5.74, 6) is -1.01. The number of aromatic amines is 1. The third kappa shape index (κ3) is 4.16. The zero-order valence-corrected chi connectivity index (χ0v) is 14.8. The van der Waals surface area contributed by atoms with Crippen LogP contribution in [0.1, 0.15) is 43.5 Å². The predicted molar refractivity (Wildman–Crippen MR) is 95.1 cm³/mol. The minimum Gasteiger partial charge on any atom is -0.345 e. The highest BCUT2D eigenvalue weighted by atomic mass is 16.2. The molecule has 1 aliphatic carbocycles. The van der Waals surface area contributed by atoms with Gasteiger partial charge >= 0.3 is 11.8 Å². The van der Waals surface area contributed by atoms with E-state index in [9.17, 15) is 14.4 Å². The third-order valence-corrected chi connectivity index (χ3v) is 4.28. The maximum Gasteiger partial charge on any atom is 0.314 e. The molecule has 0 bridgehead atoms. The highest BCUT2D eigenvalue weighted by Gasteiger charge is 2.22. The van der Waals surface area contributed by atoms with Crippen molar-refractivity contribution in [2.24, 2.45) is 0 Å². The number of rotatable bonds is 3. The Labute approximate surface area is 150 Å². The maximum atomic E-state index is 12.3. The van der Waals surface area contributed by atoms with E-state index in [0.29, 0.717) is 11.4 Å². The van der Waals surface area contributed by atoms with Crippen molar-refractivity contribution in [2.75, 3.05) is 5.32 Å². The second-order valence-corrected chi connectivity index (χ2v) is 6.56. The van der Waals surface area contributed by atoms with Crippen molar-refractivity contribution >= 4 is 17.6 Å². The van der Waals surface area contributed by atoms with Crippen molar-refractivity contribution in [3.63, 3.8) is 0 Å². The minimum atomic E-state index is -0.772. The third-order valence-electron chi connectivity index (χ3n) is 4.28. The molecule has 0 saturated heterocycles. The van der Waals surface area contributed by atoms with Crippen LogP contribution in [0, 0.1) is 13.8 Å². The molecule has 3 rings (SSSR count). The zero-order chi connectivity index (χ0) is 18.7. The standard InChI is InChI=1S/C17H22N6O3/c1-10-9-14(24)21-17(18-10)23-13(8-11(2)22-23)20-16(26)15(25)19-12-6-4-3-5-7-12/h8-9,12H,3-7H2,1-2H3,(H,19,25)(H,20,26)(H,18,21,24). The van der Waals surface area contributed by atoms with E-state index in [1.54, 1.807) is 19.9 Å². The van der Waals surface area contributed by atoms with Gasteiger partial charge in [-0.1, -0.05) is 19.3 Å². The van der Waals surface area contributed by atoms with E-state index < -0.39 is 11.8 Å². The number of H-pyrrole nitrogens is 1. The van der Waals surface area contributed by atoms with Gasteiger partial charge in [-0.05, 0) is 26.7 Å². The lowest BCUT2D eigenvalue weighted by molar-refractivity contribution is -0.136. The van der Waals surface area contributed by atoms with E-state index in [1.807, 2.05) is 0 Å². The van der Waals surface area contributed by atoms with Crippen molar-refractivity contribution < 1.29 is 9.59 Å². The van der Waals surface area contributed by atoms with Gasteiger partial charge in [0.05, 0.1) is 5.69 Å². The summed E-state index contributed by atoms with van der Waals surface area (Å²) in [5, 5.41) is 9.54.